The molecule has 2 fully saturated rings. The second-order valence-electron chi connectivity index (χ2n) is 5.00. The minimum absolute atomic E-state index is 0.0822. The van der Waals surface area contributed by atoms with Gasteiger partial charge in [-0.2, -0.15) is 0 Å². The molecule has 0 radical (unpaired) electrons. The van der Waals surface area contributed by atoms with E-state index in [0.717, 1.165) is 12.8 Å². The molecular weight excluding hydrogens is 214 g/mol. The van der Waals surface area contributed by atoms with Gasteiger partial charge in [0.25, 0.3) is 5.92 Å². The van der Waals surface area contributed by atoms with Gasteiger partial charge in [0.1, 0.15) is 0 Å². The molecule has 1 heterocycles. The van der Waals surface area contributed by atoms with Gasteiger partial charge in [-0.05, 0) is 26.3 Å². The average Bonchev–Trinajstić information content (AvgIpc) is 2.97. The first-order valence-electron chi connectivity index (χ1n) is 5.81. The molecule has 0 atom stereocenters. The molecule has 2 rings (SSSR count). The number of likely N-dealkylation sites (tertiary alicyclic amines) is 1. The fourth-order valence-electron chi connectivity index (χ4n) is 2.43. The van der Waals surface area contributed by atoms with Crippen molar-refractivity contribution in [1.82, 2.24) is 10.2 Å². The van der Waals surface area contributed by atoms with Gasteiger partial charge in [-0.15, -0.1) is 0 Å². The summed E-state index contributed by atoms with van der Waals surface area (Å²) in [5.41, 5.74) is -0.373. The molecule has 0 aromatic heterocycles. The quantitative estimate of drug-likeness (QED) is 0.794. The summed E-state index contributed by atoms with van der Waals surface area (Å²) in [5.74, 6) is -2.77. The van der Waals surface area contributed by atoms with Crippen LogP contribution in [0.15, 0.2) is 0 Å². The van der Waals surface area contributed by atoms with Crippen molar-refractivity contribution in [3.05, 3.63) is 0 Å². The van der Waals surface area contributed by atoms with Crippen LogP contribution in [0.5, 0.6) is 0 Å². The number of halogens is 2. The Morgan fingerprint density at radius 1 is 1.38 bits per heavy atom. The van der Waals surface area contributed by atoms with Crippen LogP contribution in [0.25, 0.3) is 0 Å². The maximum Gasteiger partial charge on any atom is 0.265 e. The molecule has 0 spiro atoms. The molecule has 92 valence electrons. The van der Waals surface area contributed by atoms with E-state index in [1.165, 1.54) is 4.90 Å². The summed E-state index contributed by atoms with van der Waals surface area (Å²) in [7, 11) is 1.79. The van der Waals surface area contributed by atoms with E-state index in [1.807, 2.05) is 0 Å². The summed E-state index contributed by atoms with van der Waals surface area (Å²) in [6, 6.07) is 0. The van der Waals surface area contributed by atoms with Crippen LogP contribution in [-0.4, -0.2) is 43.4 Å². The van der Waals surface area contributed by atoms with E-state index in [2.05, 4.69) is 5.32 Å². The molecule has 0 bridgehead atoms. The predicted octanol–water partition coefficient (Wildman–Crippen LogP) is 1.24. The molecule has 5 heteroatoms. The lowest BCUT2D eigenvalue weighted by Crippen LogP contribution is -2.49. The molecule has 0 unspecified atom stereocenters. The Balaban J connectivity index is 1.99. The van der Waals surface area contributed by atoms with Crippen LogP contribution in [0.3, 0.4) is 0 Å². The number of carbonyl (C=O) groups is 1. The molecule has 1 amide bonds. The third-order valence-electron chi connectivity index (χ3n) is 3.50. The smallest absolute Gasteiger partial charge is 0.265 e. The fourth-order valence-corrected chi connectivity index (χ4v) is 2.43. The first-order valence-corrected chi connectivity index (χ1v) is 5.81. The first-order chi connectivity index (χ1) is 7.49. The highest BCUT2D eigenvalue weighted by molar-refractivity contribution is 5.85. The zero-order valence-corrected chi connectivity index (χ0v) is 9.56. The van der Waals surface area contributed by atoms with E-state index >= 15 is 0 Å². The highest BCUT2D eigenvalue weighted by atomic mass is 19.3. The number of nitrogens with one attached hydrogen (secondary N) is 1. The lowest BCUT2D eigenvalue weighted by Gasteiger charge is -2.34. The summed E-state index contributed by atoms with van der Waals surface area (Å²) >= 11 is 0. The number of alkyl halides is 2. The van der Waals surface area contributed by atoms with Gasteiger partial charge in [0, 0.05) is 19.5 Å². The van der Waals surface area contributed by atoms with Crippen molar-refractivity contribution >= 4 is 5.91 Å². The number of nitrogens with zero attached hydrogens (tertiary/aromatic N) is 1. The second-order valence-corrected chi connectivity index (χ2v) is 5.00. The summed E-state index contributed by atoms with van der Waals surface area (Å²) in [4.78, 5) is 13.5. The molecule has 16 heavy (non-hydrogen) atoms. The predicted molar refractivity (Wildman–Crippen MR) is 56.4 cm³/mol. The van der Waals surface area contributed by atoms with Crippen molar-refractivity contribution in [3.63, 3.8) is 0 Å². The number of carbonyl (C=O) groups excluding carboxylic acids is 1. The van der Waals surface area contributed by atoms with Crippen molar-refractivity contribution < 1.29 is 13.6 Å². The van der Waals surface area contributed by atoms with E-state index in [9.17, 15) is 13.6 Å². The molecule has 1 N–H and O–H groups in total. The zero-order valence-electron chi connectivity index (χ0n) is 9.56. The van der Waals surface area contributed by atoms with E-state index in [1.54, 1.807) is 7.05 Å². The number of piperidine rings is 1. The van der Waals surface area contributed by atoms with Gasteiger partial charge < -0.3 is 10.2 Å². The van der Waals surface area contributed by atoms with Crippen LogP contribution in [-0.2, 0) is 4.79 Å². The highest BCUT2D eigenvalue weighted by Gasteiger charge is 2.52. The van der Waals surface area contributed by atoms with Crippen LogP contribution >= 0.6 is 0 Å². The van der Waals surface area contributed by atoms with Gasteiger partial charge in [0.15, 0.2) is 0 Å². The molecule has 1 aliphatic heterocycles. The molecular formula is C11H18F2N2O. The summed E-state index contributed by atoms with van der Waals surface area (Å²) < 4.78 is 26.4. The van der Waals surface area contributed by atoms with E-state index in [0.29, 0.717) is 19.5 Å². The molecule has 1 aliphatic carbocycles. The maximum atomic E-state index is 13.2. The van der Waals surface area contributed by atoms with Gasteiger partial charge in [-0.3, -0.25) is 4.79 Å². The lowest BCUT2D eigenvalue weighted by atomic mass is 10.0. The van der Waals surface area contributed by atoms with E-state index in [4.69, 9.17) is 0 Å². The SMILES string of the molecule is CNCC1(C(=O)N2CCCC(F)(F)C2)CC1. The van der Waals surface area contributed by atoms with Crippen LogP contribution in [0.2, 0.25) is 0 Å². The summed E-state index contributed by atoms with van der Waals surface area (Å²) in [6.45, 7) is 0.699. The molecule has 1 saturated carbocycles. The minimum Gasteiger partial charge on any atom is -0.336 e. The Bertz CT molecular complexity index is 290. The Kier molecular flexibility index (Phi) is 2.90. The monoisotopic (exact) mass is 232 g/mol. The van der Waals surface area contributed by atoms with Crippen molar-refractivity contribution in [2.45, 2.75) is 31.6 Å². The number of hydrogen-bond acceptors (Lipinski definition) is 2. The summed E-state index contributed by atoms with van der Waals surface area (Å²) in [6.07, 6.45) is 1.98. The standard InChI is InChI=1S/C11H18F2N2O/c1-14-7-10(4-5-10)9(16)15-6-2-3-11(12,13)8-15/h14H,2-8H2,1H3. The van der Waals surface area contributed by atoms with Gasteiger partial charge in [-0.1, -0.05) is 0 Å². The first kappa shape index (κ1) is 11.8. The van der Waals surface area contributed by atoms with Crippen LogP contribution < -0.4 is 5.32 Å². The normalized spacial score (nSPS) is 26.6. The Morgan fingerprint density at radius 3 is 2.56 bits per heavy atom. The van der Waals surface area contributed by atoms with Gasteiger partial charge in [-0.25, -0.2) is 8.78 Å². The minimum atomic E-state index is -2.69. The molecule has 0 aromatic carbocycles. The number of amides is 1. The Morgan fingerprint density at radius 2 is 2.06 bits per heavy atom. The third-order valence-corrected chi connectivity index (χ3v) is 3.50. The Labute approximate surface area is 94.2 Å². The summed E-state index contributed by atoms with van der Waals surface area (Å²) in [5, 5.41) is 2.98. The van der Waals surface area contributed by atoms with E-state index in [-0.39, 0.29) is 17.7 Å². The average molecular weight is 232 g/mol. The van der Waals surface area contributed by atoms with Crippen molar-refractivity contribution in [2.24, 2.45) is 5.41 Å². The van der Waals surface area contributed by atoms with Crippen molar-refractivity contribution in [3.8, 4) is 0 Å². The molecule has 0 aromatic rings. The largest absolute Gasteiger partial charge is 0.336 e. The Hall–Kier alpha value is -0.710. The van der Waals surface area contributed by atoms with Crippen molar-refractivity contribution in [2.75, 3.05) is 26.7 Å². The molecule has 2 aliphatic rings. The van der Waals surface area contributed by atoms with Crippen molar-refractivity contribution in [1.29, 1.82) is 0 Å². The van der Waals surface area contributed by atoms with Gasteiger partial charge >= 0.3 is 0 Å². The van der Waals surface area contributed by atoms with Crippen LogP contribution in [0, 0.1) is 5.41 Å². The third kappa shape index (κ3) is 2.19. The number of rotatable bonds is 3. The maximum absolute atomic E-state index is 13.2. The topological polar surface area (TPSA) is 32.3 Å². The molecule has 3 nitrogen and oxygen atoms in total. The second kappa shape index (κ2) is 3.95. The van der Waals surface area contributed by atoms with Crippen LogP contribution in [0.1, 0.15) is 25.7 Å². The number of hydrogen-bond donors (Lipinski definition) is 1. The van der Waals surface area contributed by atoms with Gasteiger partial charge in [0.05, 0.1) is 12.0 Å². The highest BCUT2D eigenvalue weighted by Crippen LogP contribution is 2.47. The van der Waals surface area contributed by atoms with Crippen LogP contribution in [0.4, 0.5) is 8.78 Å². The molecule has 1 saturated heterocycles. The van der Waals surface area contributed by atoms with Gasteiger partial charge in [0.2, 0.25) is 5.91 Å². The lowest BCUT2D eigenvalue weighted by molar-refractivity contribution is -0.147. The fraction of sp³-hybridized carbons (Fsp3) is 0.909. The zero-order chi connectivity index (χ0) is 11.8. The van der Waals surface area contributed by atoms with E-state index < -0.39 is 12.5 Å².